The van der Waals surface area contributed by atoms with Crippen molar-refractivity contribution in [1.29, 1.82) is 0 Å². The molecule has 0 aromatic heterocycles. The molecule has 1 fully saturated rings. The first-order valence-corrected chi connectivity index (χ1v) is 4.08. The van der Waals surface area contributed by atoms with Crippen molar-refractivity contribution in [2.45, 2.75) is 19.8 Å². The number of hydrogen-bond donors (Lipinski definition) is 0. The van der Waals surface area contributed by atoms with E-state index in [-0.39, 0.29) is 11.9 Å². The highest BCUT2D eigenvalue weighted by Gasteiger charge is 2.33. The molecule has 0 N–H and O–H groups in total. The third-order valence-corrected chi connectivity index (χ3v) is 2.13. The first-order chi connectivity index (χ1) is 5.29. The van der Waals surface area contributed by atoms with E-state index in [1.54, 1.807) is 6.08 Å². The highest BCUT2D eigenvalue weighted by molar-refractivity contribution is 5.76. The summed E-state index contributed by atoms with van der Waals surface area (Å²) in [5, 5.41) is 0. The van der Waals surface area contributed by atoms with Crippen molar-refractivity contribution in [3.05, 3.63) is 12.7 Å². The second-order valence-corrected chi connectivity index (χ2v) is 2.94. The van der Waals surface area contributed by atoms with Crippen LogP contribution in [0.1, 0.15) is 19.8 Å². The van der Waals surface area contributed by atoms with Crippen LogP contribution in [-0.2, 0) is 9.53 Å². The summed E-state index contributed by atoms with van der Waals surface area (Å²) in [5.74, 6) is 0.235. The normalized spacial score (nSPS) is 30.1. The van der Waals surface area contributed by atoms with E-state index >= 15 is 0 Å². The molecule has 0 bridgehead atoms. The van der Waals surface area contributed by atoms with Crippen LogP contribution in [-0.4, -0.2) is 12.6 Å². The fourth-order valence-electron chi connectivity index (χ4n) is 1.50. The van der Waals surface area contributed by atoms with Gasteiger partial charge < -0.3 is 4.74 Å². The highest BCUT2D eigenvalue weighted by Crippen LogP contribution is 2.26. The number of hydrogen-bond acceptors (Lipinski definition) is 2. The summed E-state index contributed by atoms with van der Waals surface area (Å²) in [6.07, 6.45) is 3.86. The number of rotatable bonds is 3. The van der Waals surface area contributed by atoms with Gasteiger partial charge in [-0.3, -0.25) is 4.79 Å². The number of carbonyl (C=O) groups excluding carboxylic acids is 1. The van der Waals surface area contributed by atoms with E-state index in [9.17, 15) is 4.79 Å². The van der Waals surface area contributed by atoms with Crippen molar-refractivity contribution >= 4 is 5.97 Å². The van der Waals surface area contributed by atoms with Crippen LogP contribution >= 0.6 is 0 Å². The van der Waals surface area contributed by atoms with E-state index in [2.05, 4.69) is 13.5 Å². The molecule has 1 saturated heterocycles. The second-order valence-electron chi connectivity index (χ2n) is 2.94. The molecule has 2 nitrogen and oxygen atoms in total. The van der Waals surface area contributed by atoms with Crippen LogP contribution < -0.4 is 0 Å². The lowest BCUT2D eigenvalue weighted by Crippen LogP contribution is -2.12. The minimum atomic E-state index is -0.0987. The molecule has 0 saturated carbocycles. The fraction of sp³-hybridized carbons (Fsp3) is 0.667. The third kappa shape index (κ3) is 1.62. The van der Waals surface area contributed by atoms with E-state index < -0.39 is 0 Å². The van der Waals surface area contributed by atoms with Crippen LogP contribution in [0.2, 0.25) is 0 Å². The van der Waals surface area contributed by atoms with Gasteiger partial charge in [-0.2, -0.15) is 0 Å². The van der Waals surface area contributed by atoms with Crippen LogP contribution in [0.15, 0.2) is 12.7 Å². The maximum atomic E-state index is 11.0. The molecule has 11 heavy (non-hydrogen) atoms. The van der Waals surface area contributed by atoms with Crippen LogP contribution in [0.4, 0.5) is 0 Å². The Kier molecular flexibility index (Phi) is 2.69. The maximum absolute atomic E-state index is 11.0. The summed E-state index contributed by atoms with van der Waals surface area (Å²) >= 11 is 0. The van der Waals surface area contributed by atoms with Gasteiger partial charge in [0, 0.05) is 5.92 Å². The molecule has 1 aliphatic heterocycles. The molecule has 0 aliphatic carbocycles. The van der Waals surface area contributed by atoms with Crippen molar-refractivity contribution in [1.82, 2.24) is 0 Å². The SMILES string of the molecule is C=CC1C(=O)OCC1CCC. The average molecular weight is 154 g/mol. The second kappa shape index (κ2) is 3.56. The van der Waals surface area contributed by atoms with Gasteiger partial charge in [0.15, 0.2) is 0 Å². The molecule has 62 valence electrons. The van der Waals surface area contributed by atoms with Gasteiger partial charge in [-0.15, -0.1) is 6.58 Å². The maximum Gasteiger partial charge on any atom is 0.313 e. The Morgan fingerprint density at radius 2 is 2.55 bits per heavy atom. The zero-order chi connectivity index (χ0) is 8.27. The minimum Gasteiger partial charge on any atom is -0.465 e. The summed E-state index contributed by atoms with van der Waals surface area (Å²) in [6.45, 7) is 6.33. The van der Waals surface area contributed by atoms with Gasteiger partial charge >= 0.3 is 5.97 Å². The Morgan fingerprint density at radius 1 is 1.82 bits per heavy atom. The van der Waals surface area contributed by atoms with Crippen LogP contribution in [0.3, 0.4) is 0 Å². The molecule has 0 spiro atoms. The topological polar surface area (TPSA) is 26.3 Å². The molecule has 0 aromatic rings. The standard InChI is InChI=1S/C9H14O2/c1-3-5-7-6-11-9(10)8(7)4-2/h4,7-8H,2-3,5-6H2,1H3. The lowest BCUT2D eigenvalue weighted by Gasteiger charge is -2.08. The fourth-order valence-corrected chi connectivity index (χ4v) is 1.50. The van der Waals surface area contributed by atoms with E-state index in [0.29, 0.717) is 12.5 Å². The summed E-state index contributed by atoms with van der Waals surface area (Å²) in [6, 6.07) is 0. The van der Waals surface area contributed by atoms with Gasteiger partial charge in [0.05, 0.1) is 12.5 Å². The molecule has 0 amide bonds. The third-order valence-electron chi connectivity index (χ3n) is 2.13. The smallest absolute Gasteiger partial charge is 0.313 e. The van der Waals surface area contributed by atoms with Crippen molar-refractivity contribution < 1.29 is 9.53 Å². The zero-order valence-corrected chi connectivity index (χ0v) is 6.88. The Labute approximate surface area is 67.2 Å². The van der Waals surface area contributed by atoms with Gasteiger partial charge in [0.2, 0.25) is 0 Å². The largest absolute Gasteiger partial charge is 0.465 e. The van der Waals surface area contributed by atoms with E-state index in [0.717, 1.165) is 12.8 Å². The molecule has 2 unspecified atom stereocenters. The molecule has 1 rings (SSSR count). The molecule has 2 heteroatoms. The van der Waals surface area contributed by atoms with Crippen LogP contribution in [0.5, 0.6) is 0 Å². The predicted octanol–water partition coefficient (Wildman–Crippen LogP) is 1.76. The van der Waals surface area contributed by atoms with Crippen molar-refractivity contribution in [2.75, 3.05) is 6.61 Å². The van der Waals surface area contributed by atoms with Crippen molar-refractivity contribution in [3.63, 3.8) is 0 Å². The summed E-state index contributed by atoms with van der Waals surface area (Å²) < 4.78 is 4.91. The first kappa shape index (κ1) is 8.31. The zero-order valence-electron chi connectivity index (χ0n) is 6.88. The molecule has 0 radical (unpaired) electrons. The van der Waals surface area contributed by atoms with Crippen LogP contribution in [0.25, 0.3) is 0 Å². The van der Waals surface area contributed by atoms with E-state index in [1.165, 1.54) is 0 Å². The van der Waals surface area contributed by atoms with Gasteiger partial charge in [-0.05, 0) is 6.42 Å². The molecule has 2 atom stereocenters. The summed E-state index contributed by atoms with van der Waals surface area (Å²) in [7, 11) is 0. The quantitative estimate of drug-likeness (QED) is 0.457. The molecule has 1 heterocycles. The molecule has 1 aliphatic rings. The molecular formula is C9H14O2. The van der Waals surface area contributed by atoms with Gasteiger partial charge in [0.25, 0.3) is 0 Å². The first-order valence-electron chi connectivity index (χ1n) is 4.08. The van der Waals surface area contributed by atoms with E-state index in [1.807, 2.05) is 0 Å². The summed E-state index contributed by atoms with van der Waals surface area (Å²) in [4.78, 5) is 11.0. The Hall–Kier alpha value is -0.790. The van der Waals surface area contributed by atoms with Crippen LogP contribution in [0, 0.1) is 11.8 Å². The van der Waals surface area contributed by atoms with Gasteiger partial charge in [-0.25, -0.2) is 0 Å². The van der Waals surface area contributed by atoms with Crippen molar-refractivity contribution in [3.8, 4) is 0 Å². The minimum absolute atomic E-state index is 0.0463. The summed E-state index contributed by atoms with van der Waals surface area (Å²) in [5.41, 5.74) is 0. The van der Waals surface area contributed by atoms with Gasteiger partial charge in [0.1, 0.15) is 0 Å². The Balaban J connectivity index is 2.53. The predicted molar refractivity (Wildman–Crippen MR) is 43.0 cm³/mol. The number of esters is 1. The van der Waals surface area contributed by atoms with Gasteiger partial charge in [-0.1, -0.05) is 19.4 Å². The molecule has 0 aromatic carbocycles. The Bertz CT molecular complexity index is 163. The number of ether oxygens (including phenoxy) is 1. The number of carbonyl (C=O) groups is 1. The lowest BCUT2D eigenvalue weighted by atomic mass is 9.92. The molecular weight excluding hydrogens is 140 g/mol. The van der Waals surface area contributed by atoms with Crippen molar-refractivity contribution in [2.24, 2.45) is 11.8 Å². The highest BCUT2D eigenvalue weighted by atomic mass is 16.5. The average Bonchev–Trinajstić information content (AvgIpc) is 2.33. The Morgan fingerprint density at radius 3 is 3.09 bits per heavy atom. The number of cyclic esters (lactones) is 1. The van der Waals surface area contributed by atoms with E-state index in [4.69, 9.17) is 4.74 Å². The monoisotopic (exact) mass is 154 g/mol. The lowest BCUT2D eigenvalue weighted by molar-refractivity contribution is -0.140.